The standard InChI is InChI=1S/C15H16O2/c1-2-17-15(16)14-8-12-6-5-11(10-3-4-10)7-13(12)9-14/h5-8,10H,2-4,9H2,1H3. The van der Waals surface area contributed by atoms with Crippen LogP contribution in [-0.4, -0.2) is 12.6 Å². The first kappa shape index (κ1) is 10.6. The Kier molecular flexibility index (Phi) is 2.50. The summed E-state index contributed by atoms with van der Waals surface area (Å²) in [5.41, 5.74) is 4.67. The number of fused-ring (bicyclic) bond motifs is 1. The van der Waals surface area contributed by atoms with E-state index in [0.29, 0.717) is 6.61 Å². The van der Waals surface area contributed by atoms with Crippen molar-refractivity contribution in [3.63, 3.8) is 0 Å². The first-order chi connectivity index (χ1) is 8.28. The van der Waals surface area contributed by atoms with Crippen LogP contribution >= 0.6 is 0 Å². The summed E-state index contributed by atoms with van der Waals surface area (Å²) in [5, 5.41) is 0. The van der Waals surface area contributed by atoms with E-state index >= 15 is 0 Å². The molecule has 0 unspecified atom stereocenters. The number of ether oxygens (including phenoxy) is 1. The third-order valence-corrected chi connectivity index (χ3v) is 3.46. The van der Waals surface area contributed by atoms with Gasteiger partial charge in [0.2, 0.25) is 0 Å². The van der Waals surface area contributed by atoms with E-state index < -0.39 is 0 Å². The minimum absolute atomic E-state index is 0.170. The van der Waals surface area contributed by atoms with E-state index in [1.807, 2.05) is 13.0 Å². The summed E-state index contributed by atoms with van der Waals surface area (Å²) in [6.45, 7) is 2.28. The van der Waals surface area contributed by atoms with Gasteiger partial charge < -0.3 is 4.74 Å². The molecule has 0 saturated heterocycles. The van der Waals surface area contributed by atoms with Gasteiger partial charge in [0, 0.05) is 12.0 Å². The molecule has 3 rings (SSSR count). The quantitative estimate of drug-likeness (QED) is 0.743. The Labute approximate surface area is 101 Å². The van der Waals surface area contributed by atoms with Crippen molar-refractivity contribution in [2.75, 3.05) is 6.61 Å². The predicted octanol–water partition coefficient (Wildman–Crippen LogP) is 3.07. The van der Waals surface area contributed by atoms with Crippen molar-refractivity contribution in [3.05, 3.63) is 40.5 Å². The third kappa shape index (κ3) is 1.99. The molecular formula is C15H16O2. The van der Waals surface area contributed by atoms with Crippen molar-refractivity contribution in [2.24, 2.45) is 0 Å². The van der Waals surface area contributed by atoms with E-state index in [1.54, 1.807) is 0 Å². The van der Waals surface area contributed by atoms with Crippen molar-refractivity contribution >= 4 is 12.0 Å². The van der Waals surface area contributed by atoms with Crippen molar-refractivity contribution in [2.45, 2.75) is 32.1 Å². The lowest BCUT2D eigenvalue weighted by atomic mass is 10.0. The van der Waals surface area contributed by atoms with Gasteiger partial charge in [0.25, 0.3) is 0 Å². The van der Waals surface area contributed by atoms with Gasteiger partial charge in [-0.3, -0.25) is 0 Å². The molecule has 1 saturated carbocycles. The van der Waals surface area contributed by atoms with E-state index in [0.717, 1.165) is 17.9 Å². The van der Waals surface area contributed by atoms with Crippen LogP contribution in [0.2, 0.25) is 0 Å². The van der Waals surface area contributed by atoms with Gasteiger partial charge in [-0.25, -0.2) is 4.79 Å². The molecule has 2 heteroatoms. The van der Waals surface area contributed by atoms with Gasteiger partial charge >= 0.3 is 5.97 Å². The second-order valence-corrected chi connectivity index (χ2v) is 4.80. The smallest absolute Gasteiger partial charge is 0.334 e. The van der Waals surface area contributed by atoms with Crippen LogP contribution in [0.1, 0.15) is 42.4 Å². The molecule has 0 aliphatic heterocycles. The Bertz CT molecular complexity index is 496. The van der Waals surface area contributed by atoms with Crippen LogP contribution in [0.5, 0.6) is 0 Å². The fourth-order valence-electron chi connectivity index (χ4n) is 2.39. The van der Waals surface area contributed by atoms with Crippen LogP contribution in [0.3, 0.4) is 0 Å². The maximum atomic E-state index is 11.7. The number of hydrogen-bond donors (Lipinski definition) is 0. The summed E-state index contributed by atoms with van der Waals surface area (Å²) in [6.07, 6.45) is 5.33. The number of carbonyl (C=O) groups excluding carboxylic acids is 1. The molecule has 0 bridgehead atoms. The average molecular weight is 228 g/mol. The normalized spacial score (nSPS) is 17.6. The molecule has 0 amide bonds. The van der Waals surface area contributed by atoms with Crippen LogP contribution in [0.25, 0.3) is 6.08 Å². The Morgan fingerprint density at radius 2 is 2.24 bits per heavy atom. The molecule has 88 valence electrons. The number of carbonyl (C=O) groups is 1. The Hall–Kier alpha value is -1.57. The van der Waals surface area contributed by atoms with Gasteiger partial charge in [-0.1, -0.05) is 18.2 Å². The van der Waals surface area contributed by atoms with Crippen molar-refractivity contribution in [1.82, 2.24) is 0 Å². The molecule has 0 aromatic heterocycles. The van der Waals surface area contributed by atoms with E-state index in [9.17, 15) is 4.79 Å². The highest BCUT2D eigenvalue weighted by Gasteiger charge is 2.26. The number of esters is 1. The Balaban J connectivity index is 1.81. The fraction of sp³-hybridized carbons (Fsp3) is 0.400. The van der Waals surface area contributed by atoms with E-state index in [1.165, 1.54) is 29.5 Å². The van der Waals surface area contributed by atoms with Crippen LogP contribution < -0.4 is 0 Å². The van der Waals surface area contributed by atoms with Gasteiger partial charge in [0.15, 0.2) is 0 Å². The molecule has 2 nitrogen and oxygen atoms in total. The molecule has 0 radical (unpaired) electrons. The van der Waals surface area contributed by atoms with E-state index in [4.69, 9.17) is 4.74 Å². The summed E-state index contributed by atoms with van der Waals surface area (Å²) in [5.74, 6) is 0.601. The molecular weight excluding hydrogens is 212 g/mol. The highest BCUT2D eigenvalue weighted by molar-refractivity contribution is 5.96. The Morgan fingerprint density at radius 1 is 1.41 bits per heavy atom. The molecule has 0 N–H and O–H groups in total. The zero-order valence-electron chi connectivity index (χ0n) is 10.0. The molecule has 17 heavy (non-hydrogen) atoms. The minimum Gasteiger partial charge on any atom is -0.463 e. The minimum atomic E-state index is -0.170. The van der Waals surface area contributed by atoms with Crippen LogP contribution in [0.4, 0.5) is 0 Å². The van der Waals surface area contributed by atoms with Crippen LogP contribution in [0.15, 0.2) is 23.8 Å². The SMILES string of the molecule is CCOC(=O)C1=Cc2ccc(C3CC3)cc2C1. The van der Waals surface area contributed by atoms with Gasteiger partial charge in [-0.2, -0.15) is 0 Å². The monoisotopic (exact) mass is 228 g/mol. The molecule has 0 heterocycles. The summed E-state index contributed by atoms with van der Waals surface area (Å²) in [6, 6.07) is 6.59. The predicted molar refractivity (Wildman–Crippen MR) is 66.7 cm³/mol. The number of benzene rings is 1. The fourth-order valence-corrected chi connectivity index (χ4v) is 2.39. The summed E-state index contributed by atoms with van der Waals surface area (Å²) >= 11 is 0. The second-order valence-electron chi connectivity index (χ2n) is 4.80. The number of hydrogen-bond acceptors (Lipinski definition) is 2. The lowest BCUT2D eigenvalue weighted by molar-refractivity contribution is -0.138. The van der Waals surface area contributed by atoms with Gasteiger partial charge in [0.05, 0.1) is 6.61 Å². The molecule has 2 aliphatic carbocycles. The number of rotatable bonds is 3. The third-order valence-electron chi connectivity index (χ3n) is 3.46. The lowest BCUT2D eigenvalue weighted by Gasteiger charge is -2.03. The summed E-state index contributed by atoms with van der Waals surface area (Å²) in [7, 11) is 0. The maximum Gasteiger partial charge on any atom is 0.334 e. The average Bonchev–Trinajstić information content (AvgIpc) is 3.08. The first-order valence-electron chi connectivity index (χ1n) is 6.28. The van der Waals surface area contributed by atoms with Crippen LogP contribution in [0, 0.1) is 0 Å². The van der Waals surface area contributed by atoms with Gasteiger partial charge in [-0.05, 0) is 48.4 Å². The van der Waals surface area contributed by atoms with E-state index in [2.05, 4.69) is 18.2 Å². The Morgan fingerprint density at radius 3 is 2.94 bits per heavy atom. The van der Waals surface area contributed by atoms with Gasteiger partial charge in [-0.15, -0.1) is 0 Å². The second kappa shape index (κ2) is 4.02. The molecule has 0 spiro atoms. The summed E-state index contributed by atoms with van der Waals surface area (Å²) in [4.78, 5) is 11.7. The molecule has 1 aromatic rings. The zero-order valence-corrected chi connectivity index (χ0v) is 10.0. The lowest BCUT2D eigenvalue weighted by Crippen LogP contribution is -2.07. The zero-order chi connectivity index (χ0) is 11.8. The highest BCUT2D eigenvalue weighted by atomic mass is 16.5. The highest BCUT2D eigenvalue weighted by Crippen LogP contribution is 2.41. The molecule has 2 aliphatic rings. The maximum absolute atomic E-state index is 11.7. The van der Waals surface area contributed by atoms with Crippen molar-refractivity contribution < 1.29 is 9.53 Å². The summed E-state index contributed by atoms with van der Waals surface area (Å²) < 4.78 is 5.04. The first-order valence-corrected chi connectivity index (χ1v) is 6.28. The molecule has 0 atom stereocenters. The molecule has 1 fully saturated rings. The van der Waals surface area contributed by atoms with Gasteiger partial charge in [0.1, 0.15) is 0 Å². The van der Waals surface area contributed by atoms with Crippen molar-refractivity contribution in [3.8, 4) is 0 Å². The molecule has 1 aromatic carbocycles. The van der Waals surface area contributed by atoms with E-state index in [-0.39, 0.29) is 5.97 Å². The van der Waals surface area contributed by atoms with Crippen molar-refractivity contribution in [1.29, 1.82) is 0 Å². The van der Waals surface area contributed by atoms with Crippen LogP contribution in [-0.2, 0) is 16.0 Å². The largest absolute Gasteiger partial charge is 0.463 e. The topological polar surface area (TPSA) is 26.3 Å².